The highest BCUT2D eigenvalue weighted by molar-refractivity contribution is 5.89. The van der Waals surface area contributed by atoms with Crippen LogP contribution in [0.1, 0.15) is 36.9 Å². The molecule has 9 heteroatoms. The van der Waals surface area contributed by atoms with E-state index in [-0.39, 0.29) is 23.8 Å². The van der Waals surface area contributed by atoms with Crippen LogP contribution in [0.3, 0.4) is 0 Å². The highest BCUT2D eigenvalue weighted by Crippen LogP contribution is 2.42. The molecule has 2 aromatic heterocycles. The van der Waals surface area contributed by atoms with Gasteiger partial charge in [0.2, 0.25) is 17.8 Å². The molecule has 2 amide bonds. The molecular formula is C22H29N7O2. The molecular weight excluding hydrogens is 394 g/mol. The van der Waals surface area contributed by atoms with Gasteiger partial charge in [0.05, 0.1) is 5.69 Å². The van der Waals surface area contributed by atoms with Gasteiger partial charge in [-0.15, -0.1) is 0 Å². The van der Waals surface area contributed by atoms with Gasteiger partial charge in [0, 0.05) is 69.2 Å². The van der Waals surface area contributed by atoms with Gasteiger partial charge < -0.3 is 15.1 Å². The van der Waals surface area contributed by atoms with Crippen LogP contribution < -0.4 is 10.2 Å². The fourth-order valence-electron chi connectivity index (χ4n) is 5.72. The van der Waals surface area contributed by atoms with Crippen molar-refractivity contribution in [1.82, 2.24) is 30.0 Å². The third-order valence-corrected chi connectivity index (χ3v) is 7.01. The van der Waals surface area contributed by atoms with Crippen LogP contribution in [0, 0.1) is 18.8 Å². The van der Waals surface area contributed by atoms with Gasteiger partial charge in [-0.1, -0.05) is 0 Å². The van der Waals surface area contributed by atoms with Gasteiger partial charge in [0.25, 0.3) is 0 Å². The zero-order valence-corrected chi connectivity index (χ0v) is 18.1. The minimum absolute atomic E-state index is 0.0656. The fourth-order valence-corrected chi connectivity index (χ4v) is 5.72. The Morgan fingerprint density at radius 1 is 1.23 bits per heavy atom. The van der Waals surface area contributed by atoms with Gasteiger partial charge in [-0.3, -0.25) is 14.3 Å². The number of piperidine rings is 3. The summed E-state index contributed by atoms with van der Waals surface area (Å²) in [5.41, 5.74) is 1.90. The summed E-state index contributed by atoms with van der Waals surface area (Å²) in [7, 11) is 1.87. The number of aryl methyl sites for hydroxylation is 2. The van der Waals surface area contributed by atoms with Crippen LogP contribution in [0.15, 0.2) is 24.7 Å². The molecule has 0 spiro atoms. The molecule has 0 radical (unpaired) electrons. The molecule has 2 bridgehead atoms. The molecule has 5 heterocycles. The first-order valence-electron chi connectivity index (χ1n) is 11.1. The van der Waals surface area contributed by atoms with Crippen molar-refractivity contribution in [3.8, 4) is 0 Å². The van der Waals surface area contributed by atoms with E-state index in [1.165, 1.54) is 0 Å². The number of nitrogens with zero attached hydrogens (tertiary/aromatic N) is 6. The maximum Gasteiger partial charge on any atom is 0.243 e. The number of anilines is 1. The van der Waals surface area contributed by atoms with Gasteiger partial charge in [-0.2, -0.15) is 5.10 Å². The van der Waals surface area contributed by atoms with Gasteiger partial charge in [0.1, 0.15) is 6.04 Å². The summed E-state index contributed by atoms with van der Waals surface area (Å²) >= 11 is 0. The Balaban J connectivity index is 1.40. The predicted molar refractivity (Wildman–Crippen MR) is 114 cm³/mol. The third kappa shape index (κ3) is 3.66. The first-order chi connectivity index (χ1) is 15.0. The average Bonchev–Trinajstić information content (AvgIpc) is 3.10. The second kappa shape index (κ2) is 7.94. The molecule has 1 N–H and O–H groups in total. The van der Waals surface area contributed by atoms with Crippen LogP contribution in [0.4, 0.5) is 5.95 Å². The van der Waals surface area contributed by atoms with Crippen LogP contribution in [-0.2, 0) is 23.2 Å². The fraction of sp³-hybridized carbons (Fsp3) is 0.591. The monoisotopic (exact) mass is 423 g/mol. The standard InChI is InChI=1S/C22H29N7O2/c1-14-17(11-27(2)26-14)10-25-21(31)20-16-9-15(18-5-3-6-19(30)29(18)20)12-28(13-16)22-23-7-4-8-24-22/h4,7-8,11,15-16,18,20H,3,5-6,9-10,12-13H2,1-2H3,(H,25,31)/t15-,16+,18-,20+/m0/s1. The molecule has 31 heavy (non-hydrogen) atoms. The zero-order valence-electron chi connectivity index (χ0n) is 18.1. The summed E-state index contributed by atoms with van der Waals surface area (Å²) in [5, 5.41) is 7.45. The Morgan fingerprint density at radius 3 is 2.74 bits per heavy atom. The van der Waals surface area contributed by atoms with Crippen LogP contribution >= 0.6 is 0 Å². The first-order valence-corrected chi connectivity index (χ1v) is 11.1. The summed E-state index contributed by atoms with van der Waals surface area (Å²) in [6.07, 6.45) is 8.78. The highest BCUT2D eigenvalue weighted by Gasteiger charge is 2.52. The van der Waals surface area contributed by atoms with Crippen molar-refractivity contribution in [3.05, 3.63) is 35.9 Å². The van der Waals surface area contributed by atoms with Crippen LogP contribution in [0.2, 0.25) is 0 Å². The minimum Gasteiger partial charge on any atom is -0.350 e. The predicted octanol–water partition coefficient (Wildman–Crippen LogP) is 1.04. The molecule has 4 atom stereocenters. The van der Waals surface area contributed by atoms with E-state index < -0.39 is 6.04 Å². The second-order valence-electron chi connectivity index (χ2n) is 9.05. The van der Waals surface area contributed by atoms with E-state index in [0.717, 1.165) is 37.1 Å². The maximum absolute atomic E-state index is 13.5. The van der Waals surface area contributed by atoms with Gasteiger partial charge in [-0.05, 0) is 38.2 Å². The molecule has 3 aliphatic rings. The lowest BCUT2D eigenvalue weighted by Crippen LogP contribution is -2.68. The third-order valence-electron chi connectivity index (χ3n) is 7.01. The lowest BCUT2D eigenvalue weighted by molar-refractivity contribution is -0.156. The van der Waals surface area contributed by atoms with Crippen LogP contribution in [0.25, 0.3) is 0 Å². The lowest BCUT2D eigenvalue weighted by atomic mass is 9.72. The van der Waals surface area contributed by atoms with E-state index in [9.17, 15) is 9.59 Å². The number of amides is 2. The largest absolute Gasteiger partial charge is 0.350 e. The van der Waals surface area contributed by atoms with E-state index in [4.69, 9.17) is 0 Å². The zero-order chi connectivity index (χ0) is 21.5. The van der Waals surface area contributed by atoms with Gasteiger partial charge in [0.15, 0.2) is 0 Å². The van der Waals surface area contributed by atoms with Gasteiger partial charge >= 0.3 is 0 Å². The first kappa shape index (κ1) is 20.0. The van der Waals surface area contributed by atoms with Crippen LogP contribution in [-0.4, -0.2) is 61.6 Å². The Hall–Kier alpha value is -2.97. The van der Waals surface area contributed by atoms with Gasteiger partial charge in [-0.25, -0.2) is 9.97 Å². The van der Waals surface area contributed by atoms with Crippen LogP contribution in [0.5, 0.6) is 0 Å². The summed E-state index contributed by atoms with van der Waals surface area (Å²) < 4.78 is 1.76. The van der Waals surface area contributed by atoms with E-state index in [2.05, 4.69) is 25.3 Å². The van der Waals surface area contributed by atoms with Crippen molar-refractivity contribution in [2.24, 2.45) is 18.9 Å². The maximum atomic E-state index is 13.5. The molecule has 0 aromatic carbocycles. The Kier molecular flexibility index (Phi) is 5.11. The van der Waals surface area contributed by atoms with E-state index in [1.807, 2.05) is 31.1 Å². The smallest absolute Gasteiger partial charge is 0.243 e. The number of nitrogens with one attached hydrogen (secondary N) is 1. The van der Waals surface area contributed by atoms with Crippen molar-refractivity contribution in [2.75, 3.05) is 18.0 Å². The molecule has 0 saturated carbocycles. The average molecular weight is 424 g/mol. The molecule has 3 fully saturated rings. The van der Waals surface area contributed by atoms with Crippen molar-refractivity contribution < 1.29 is 9.59 Å². The van der Waals surface area contributed by atoms with Crippen molar-refractivity contribution in [3.63, 3.8) is 0 Å². The van der Waals surface area contributed by atoms with Crippen molar-refractivity contribution in [1.29, 1.82) is 0 Å². The lowest BCUT2D eigenvalue weighted by Gasteiger charge is -2.55. The minimum atomic E-state index is -0.447. The molecule has 3 aliphatic heterocycles. The Labute approximate surface area is 181 Å². The van der Waals surface area contributed by atoms with Crippen molar-refractivity contribution >= 4 is 17.8 Å². The summed E-state index contributed by atoms with van der Waals surface area (Å²) in [6, 6.07) is 1.48. The number of carbonyl (C=O) groups is 2. The number of carbonyl (C=O) groups excluding carboxylic acids is 2. The van der Waals surface area contributed by atoms with Crippen molar-refractivity contribution in [2.45, 2.75) is 51.2 Å². The Morgan fingerprint density at radius 2 is 2.00 bits per heavy atom. The molecule has 3 saturated heterocycles. The molecule has 164 valence electrons. The summed E-state index contributed by atoms with van der Waals surface area (Å²) in [5.74, 6) is 1.17. The number of rotatable bonds is 4. The number of fused-ring (bicyclic) bond motifs is 4. The summed E-state index contributed by atoms with van der Waals surface area (Å²) in [6.45, 7) is 3.87. The second-order valence-corrected chi connectivity index (χ2v) is 9.05. The quantitative estimate of drug-likeness (QED) is 0.789. The van der Waals surface area contributed by atoms with E-state index in [0.29, 0.717) is 31.4 Å². The molecule has 0 unspecified atom stereocenters. The van der Waals surface area contributed by atoms with E-state index >= 15 is 0 Å². The number of hydrogen-bond acceptors (Lipinski definition) is 6. The number of hydrogen-bond donors (Lipinski definition) is 1. The molecule has 0 aliphatic carbocycles. The molecule has 9 nitrogen and oxygen atoms in total. The Bertz CT molecular complexity index is 975. The molecule has 2 aromatic rings. The molecule has 5 rings (SSSR count). The highest BCUT2D eigenvalue weighted by atomic mass is 16.2. The summed E-state index contributed by atoms with van der Waals surface area (Å²) in [4.78, 5) is 39.4. The normalized spacial score (nSPS) is 27.7. The topological polar surface area (TPSA) is 96.2 Å². The van der Waals surface area contributed by atoms with E-state index in [1.54, 1.807) is 17.1 Å². The SMILES string of the molecule is Cc1nn(C)cc1CNC(=O)[C@H]1[C@@H]2C[C@@H](CN(c3ncccn3)C2)[C@@H]2CCCC(=O)N21. The number of aromatic nitrogens is 4.